The fourth-order valence-corrected chi connectivity index (χ4v) is 3.09. The molecule has 134 valence electrons. The Labute approximate surface area is 154 Å². The van der Waals surface area contributed by atoms with Crippen LogP contribution in [0.3, 0.4) is 0 Å². The first-order valence-corrected chi connectivity index (χ1v) is 8.44. The van der Waals surface area contributed by atoms with Crippen molar-refractivity contribution in [3.63, 3.8) is 0 Å². The van der Waals surface area contributed by atoms with Crippen LogP contribution >= 0.6 is 11.6 Å². The van der Waals surface area contributed by atoms with Gasteiger partial charge in [-0.25, -0.2) is 4.79 Å². The minimum atomic E-state index is -0.396. The highest BCUT2D eigenvalue weighted by molar-refractivity contribution is 6.32. The zero-order valence-electron chi connectivity index (χ0n) is 13.7. The summed E-state index contributed by atoms with van der Waals surface area (Å²) in [5, 5.41) is 3.12. The fraction of sp³-hybridized carbons (Fsp3) is 0.222. The van der Waals surface area contributed by atoms with E-state index in [4.69, 9.17) is 25.8 Å². The summed E-state index contributed by atoms with van der Waals surface area (Å²) in [6.45, 7) is 1.66. The van der Waals surface area contributed by atoms with Crippen LogP contribution in [0.1, 0.15) is 10.4 Å². The first-order valence-electron chi connectivity index (χ1n) is 8.07. The average molecular weight is 375 g/mol. The van der Waals surface area contributed by atoms with Crippen LogP contribution in [0.5, 0.6) is 11.5 Å². The largest absolute Gasteiger partial charge is 0.486 e. The normalized spacial score (nSPS) is 15.6. The number of nitrogens with zero attached hydrogens (tertiary/aromatic N) is 1. The molecule has 2 aliphatic rings. The Balaban J connectivity index is 1.55. The molecule has 0 bridgehead atoms. The van der Waals surface area contributed by atoms with Gasteiger partial charge < -0.3 is 19.5 Å². The zero-order valence-corrected chi connectivity index (χ0v) is 14.4. The van der Waals surface area contributed by atoms with E-state index in [1.54, 1.807) is 30.3 Å². The van der Waals surface area contributed by atoms with Crippen LogP contribution in [0.25, 0.3) is 0 Å². The molecule has 0 radical (unpaired) electrons. The van der Waals surface area contributed by atoms with E-state index in [0.29, 0.717) is 59.8 Å². The first-order chi connectivity index (χ1) is 12.6. The van der Waals surface area contributed by atoms with E-state index >= 15 is 0 Å². The van der Waals surface area contributed by atoms with Crippen LogP contribution in [0.15, 0.2) is 36.4 Å². The highest BCUT2D eigenvalue weighted by atomic mass is 35.5. The van der Waals surface area contributed by atoms with E-state index in [9.17, 15) is 9.59 Å². The van der Waals surface area contributed by atoms with Gasteiger partial charge in [0, 0.05) is 16.9 Å². The standard InChI is InChI=1S/C18H15ClN2O5/c19-14-8-11(9-15-16(14)25-7-6-24-15)17(22)20-12-2-1-3-13(10-12)21-4-5-26-18(21)23/h1-3,8-10H,4-7H2,(H,20,22). The maximum Gasteiger partial charge on any atom is 0.414 e. The molecule has 8 heteroatoms. The third-order valence-electron chi connectivity index (χ3n) is 4.04. The van der Waals surface area contributed by atoms with Crippen molar-refractivity contribution in [1.82, 2.24) is 0 Å². The van der Waals surface area contributed by atoms with Crippen molar-refractivity contribution < 1.29 is 23.8 Å². The summed E-state index contributed by atoms with van der Waals surface area (Å²) in [6.07, 6.45) is -0.396. The van der Waals surface area contributed by atoms with Crippen molar-refractivity contribution in [2.75, 3.05) is 36.6 Å². The van der Waals surface area contributed by atoms with Crippen molar-refractivity contribution in [3.8, 4) is 11.5 Å². The first kappa shape index (κ1) is 16.5. The highest BCUT2D eigenvalue weighted by Crippen LogP contribution is 2.38. The monoisotopic (exact) mass is 374 g/mol. The number of anilines is 2. The molecule has 0 spiro atoms. The molecule has 2 aromatic carbocycles. The van der Waals surface area contributed by atoms with Crippen molar-refractivity contribution >= 4 is 35.0 Å². The van der Waals surface area contributed by atoms with Gasteiger partial charge in [-0.05, 0) is 30.3 Å². The number of ether oxygens (including phenoxy) is 3. The summed E-state index contributed by atoms with van der Waals surface area (Å²) in [7, 11) is 0. The maximum atomic E-state index is 12.6. The number of hydrogen-bond donors (Lipinski definition) is 1. The third-order valence-corrected chi connectivity index (χ3v) is 4.32. The van der Waals surface area contributed by atoms with Crippen molar-refractivity contribution in [2.24, 2.45) is 0 Å². The molecule has 2 heterocycles. The summed E-state index contributed by atoms with van der Waals surface area (Å²) >= 11 is 6.18. The van der Waals surface area contributed by atoms with Gasteiger partial charge in [-0.2, -0.15) is 0 Å². The predicted molar refractivity (Wildman–Crippen MR) is 95.5 cm³/mol. The summed E-state index contributed by atoms with van der Waals surface area (Å²) in [4.78, 5) is 25.8. The Morgan fingerprint density at radius 1 is 1.08 bits per heavy atom. The Morgan fingerprint density at radius 2 is 1.92 bits per heavy atom. The third kappa shape index (κ3) is 3.13. The molecule has 0 unspecified atom stereocenters. The van der Waals surface area contributed by atoms with Crippen LogP contribution in [-0.2, 0) is 4.74 Å². The van der Waals surface area contributed by atoms with Gasteiger partial charge in [0.1, 0.15) is 19.8 Å². The quantitative estimate of drug-likeness (QED) is 0.891. The molecule has 26 heavy (non-hydrogen) atoms. The lowest BCUT2D eigenvalue weighted by Crippen LogP contribution is -2.23. The highest BCUT2D eigenvalue weighted by Gasteiger charge is 2.24. The van der Waals surface area contributed by atoms with E-state index in [2.05, 4.69) is 5.32 Å². The van der Waals surface area contributed by atoms with Gasteiger partial charge >= 0.3 is 6.09 Å². The number of carbonyl (C=O) groups is 2. The average Bonchev–Trinajstić information content (AvgIpc) is 3.08. The van der Waals surface area contributed by atoms with Gasteiger partial charge in [0.25, 0.3) is 5.91 Å². The predicted octanol–water partition coefficient (Wildman–Crippen LogP) is 3.32. The number of cyclic esters (lactones) is 1. The summed E-state index contributed by atoms with van der Waals surface area (Å²) in [5.41, 5.74) is 1.56. The van der Waals surface area contributed by atoms with Gasteiger partial charge in [0.05, 0.1) is 11.6 Å². The summed E-state index contributed by atoms with van der Waals surface area (Å²) in [6, 6.07) is 10.1. The Kier molecular flexibility index (Phi) is 4.30. The van der Waals surface area contributed by atoms with Crippen LogP contribution in [0.2, 0.25) is 5.02 Å². The lowest BCUT2D eigenvalue weighted by molar-refractivity contribution is 0.102. The lowest BCUT2D eigenvalue weighted by Gasteiger charge is -2.20. The molecule has 2 amide bonds. The second kappa shape index (κ2) is 6.76. The van der Waals surface area contributed by atoms with Crippen molar-refractivity contribution in [2.45, 2.75) is 0 Å². The van der Waals surface area contributed by atoms with E-state index in [-0.39, 0.29) is 5.91 Å². The summed E-state index contributed by atoms with van der Waals surface area (Å²) in [5.74, 6) is 0.552. The SMILES string of the molecule is O=C(Nc1cccc(N2CCOC2=O)c1)c1cc(Cl)c2c(c1)OCCO2. The van der Waals surface area contributed by atoms with Crippen molar-refractivity contribution in [1.29, 1.82) is 0 Å². The molecule has 0 aromatic heterocycles. The minimum absolute atomic E-state index is 0.320. The van der Waals surface area contributed by atoms with E-state index in [1.807, 2.05) is 0 Å². The number of nitrogens with one attached hydrogen (secondary N) is 1. The van der Waals surface area contributed by atoms with Gasteiger partial charge in [0.15, 0.2) is 11.5 Å². The Hall–Kier alpha value is -2.93. The second-order valence-electron chi connectivity index (χ2n) is 5.75. The number of rotatable bonds is 3. The van der Waals surface area contributed by atoms with Gasteiger partial charge in [-0.1, -0.05) is 17.7 Å². The molecule has 7 nitrogen and oxygen atoms in total. The molecule has 1 fully saturated rings. The number of hydrogen-bond acceptors (Lipinski definition) is 5. The number of fused-ring (bicyclic) bond motifs is 1. The number of carbonyl (C=O) groups excluding carboxylic acids is 2. The topological polar surface area (TPSA) is 77.1 Å². The Morgan fingerprint density at radius 3 is 2.73 bits per heavy atom. The van der Waals surface area contributed by atoms with E-state index in [1.165, 1.54) is 11.0 Å². The fourth-order valence-electron chi connectivity index (χ4n) is 2.82. The van der Waals surface area contributed by atoms with E-state index < -0.39 is 6.09 Å². The number of halogens is 1. The maximum absolute atomic E-state index is 12.6. The van der Waals surface area contributed by atoms with Crippen molar-refractivity contribution in [3.05, 3.63) is 47.0 Å². The molecule has 2 aliphatic heterocycles. The number of amides is 2. The van der Waals surface area contributed by atoms with Crippen LogP contribution in [-0.4, -0.2) is 38.4 Å². The Bertz CT molecular complexity index is 886. The molecule has 0 atom stereocenters. The van der Waals surface area contributed by atoms with Gasteiger partial charge in [-0.15, -0.1) is 0 Å². The molecular formula is C18H15ClN2O5. The molecular weight excluding hydrogens is 360 g/mol. The molecule has 1 saturated heterocycles. The molecule has 0 saturated carbocycles. The van der Waals surface area contributed by atoms with E-state index in [0.717, 1.165) is 0 Å². The van der Waals surface area contributed by atoms with Crippen LogP contribution < -0.4 is 19.7 Å². The molecule has 4 rings (SSSR count). The number of benzene rings is 2. The zero-order chi connectivity index (χ0) is 18.1. The smallest absolute Gasteiger partial charge is 0.414 e. The molecule has 2 aromatic rings. The lowest BCUT2D eigenvalue weighted by atomic mass is 10.1. The van der Waals surface area contributed by atoms with Gasteiger partial charge in [0.2, 0.25) is 0 Å². The molecule has 0 aliphatic carbocycles. The minimum Gasteiger partial charge on any atom is -0.486 e. The second-order valence-corrected chi connectivity index (χ2v) is 6.16. The summed E-state index contributed by atoms with van der Waals surface area (Å²) < 4.78 is 15.9. The van der Waals surface area contributed by atoms with Crippen LogP contribution in [0, 0.1) is 0 Å². The molecule has 1 N–H and O–H groups in total. The van der Waals surface area contributed by atoms with Gasteiger partial charge in [-0.3, -0.25) is 9.69 Å². The van der Waals surface area contributed by atoms with Crippen LogP contribution in [0.4, 0.5) is 16.2 Å².